The molecule has 7 rings (SSSR count). The molecule has 2 aliphatic heterocycles. The molecule has 18 heteroatoms. The molecule has 67 heavy (non-hydrogen) atoms. The van der Waals surface area contributed by atoms with Crippen molar-refractivity contribution in [1.82, 2.24) is 25.5 Å². The predicted molar refractivity (Wildman–Crippen MR) is 246 cm³/mol. The first-order valence-electron chi connectivity index (χ1n) is 23.1. The van der Waals surface area contributed by atoms with Gasteiger partial charge in [-0.2, -0.15) is 0 Å². The molecule has 0 saturated carbocycles. The fourth-order valence-electron chi connectivity index (χ4n) is 9.16. The average Bonchev–Trinajstić information content (AvgIpc) is 3.68. The number of carbonyl (C=O) groups excluding carboxylic acids is 5. The Balaban J connectivity index is 1.03. The minimum absolute atomic E-state index is 0.0232. The monoisotopic (exact) mass is 925 g/mol. The molecule has 0 bridgehead atoms. The predicted octanol–water partition coefficient (Wildman–Crippen LogP) is 4.95. The number of hydrogen-bond donors (Lipinski definition) is 6. The number of halogens is 1. The standard InChI is InChI=1S/C49H60FN7O10/c1-6-19-65-20-17-39(58)56-42(26(3)4)45(60)54-36(10-8-9-18-51)44(59)52-29-13-11-28(12-14-29)24-67-48(63)55-35-16-15-30-27(5)34(50)22-37-40(30)41(35)31-23-57-38(43(31)53-37)21-33-32(46(57)61)25-66-47(62)49(33,64)7-2/h11-14,21-22,26,35-36,42,64H,6-10,15-20,23-25,51H2,1-5H3,(H,52,59)(H,54,60)(H,55,63)(H,56,58)/t35-,36-,42-,49-/m0/s1. The summed E-state index contributed by atoms with van der Waals surface area (Å²) in [7, 11) is 0. The number of nitrogens with zero attached hydrogens (tertiary/aromatic N) is 2. The highest BCUT2D eigenvalue weighted by Crippen LogP contribution is 2.46. The van der Waals surface area contributed by atoms with Crippen LogP contribution < -0.4 is 32.6 Å². The number of aromatic nitrogens is 2. The number of aliphatic hydroxyl groups is 1. The zero-order valence-corrected chi connectivity index (χ0v) is 38.6. The second kappa shape index (κ2) is 20.7. The van der Waals surface area contributed by atoms with Crippen molar-refractivity contribution in [2.24, 2.45) is 11.7 Å². The number of amides is 4. The molecule has 4 atom stereocenters. The minimum Gasteiger partial charge on any atom is -0.458 e. The SMILES string of the molecule is CCCOCCC(=O)N[C@H](C(=O)N[C@@H](CCCCN)C(=O)Nc1ccc(COC(=O)N[C@H]2CCc3c(C)c(F)cc4nc5c(c2c34)Cn2c-5cc3c(c2=O)COC(=O)[C@]3(O)CC)cc1)C(C)C. The van der Waals surface area contributed by atoms with Gasteiger partial charge in [-0.05, 0) is 105 Å². The van der Waals surface area contributed by atoms with Gasteiger partial charge in [-0.25, -0.2) is 19.0 Å². The van der Waals surface area contributed by atoms with Crippen LogP contribution in [0, 0.1) is 18.7 Å². The lowest BCUT2D eigenvalue weighted by molar-refractivity contribution is -0.172. The number of benzene rings is 2. The average molecular weight is 926 g/mol. The zero-order valence-electron chi connectivity index (χ0n) is 38.6. The summed E-state index contributed by atoms with van der Waals surface area (Å²) < 4.78 is 33.2. The van der Waals surface area contributed by atoms with Crippen LogP contribution in [0.25, 0.3) is 22.3 Å². The number of carbonyl (C=O) groups is 5. The van der Waals surface area contributed by atoms with Crippen LogP contribution in [0.15, 0.2) is 41.2 Å². The van der Waals surface area contributed by atoms with E-state index in [0.717, 1.165) is 12.0 Å². The van der Waals surface area contributed by atoms with Crippen LogP contribution in [0.4, 0.5) is 14.9 Å². The van der Waals surface area contributed by atoms with Gasteiger partial charge in [0, 0.05) is 41.3 Å². The Kier molecular flexibility index (Phi) is 15.1. The molecule has 0 fully saturated rings. The van der Waals surface area contributed by atoms with Crippen LogP contribution in [0.2, 0.25) is 0 Å². The Morgan fingerprint density at radius 2 is 1.79 bits per heavy atom. The molecule has 1 aliphatic carbocycles. The molecule has 0 spiro atoms. The smallest absolute Gasteiger partial charge is 0.407 e. The fourth-order valence-corrected chi connectivity index (χ4v) is 9.16. The van der Waals surface area contributed by atoms with Crippen LogP contribution in [0.5, 0.6) is 0 Å². The number of cyclic esters (lactones) is 1. The number of hydrogen-bond acceptors (Lipinski definition) is 12. The summed E-state index contributed by atoms with van der Waals surface area (Å²) in [6, 6.07) is 7.27. The van der Waals surface area contributed by atoms with Gasteiger partial charge in [-0.1, -0.05) is 39.8 Å². The third-order valence-electron chi connectivity index (χ3n) is 12.9. The maximum absolute atomic E-state index is 15.4. The summed E-state index contributed by atoms with van der Waals surface area (Å²) in [5, 5.41) is 23.5. The van der Waals surface area contributed by atoms with Crippen molar-refractivity contribution in [1.29, 1.82) is 0 Å². The van der Waals surface area contributed by atoms with E-state index in [2.05, 4.69) is 21.3 Å². The van der Waals surface area contributed by atoms with Crippen molar-refractivity contribution in [3.05, 3.63) is 91.5 Å². The van der Waals surface area contributed by atoms with Gasteiger partial charge >= 0.3 is 12.1 Å². The molecule has 4 aromatic rings. The number of aryl methyl sites for hydroxylation is 1. The highest BCUT2D eigenvalue weighted by Gasteiger charge is 2.46. The maximum Gasteiger partial charge on any atom is 0.407 e. The second-order valence-electron chi connectivity index (χ2n) is 17.8. The van der Waals surface area contributed by atoms with Gasteiger partial charge in [-0.15, -0.1) is 0 Å². The van der Waals surface area contributed by atoms with Gasteiger partial charge in [0.1, 0.15) is 31.1 Å². The lowest BCUT2D eigenvalue weighted by Crippen LogP contribution is -2.54. The van der Waals surface area contributed by atoms with Gasteiger partial charge < -0.3 is 50.9 Å². The van der Waals surface area contributed by atoms with Gasteiger partial charge in [-0.3, -0.25) is 19.2 Å². The Hall–Kier alpha value is -6.24. The van der Waals surface area contributed by atoms with E-state index in [4.69, 9.17) is 24.9 Å². The van der Waals surface area contributed by atoms with Crippen molar-refractivity contribution in [3.8, 4) is 11.4 Å². The third kappa shape index (κ3) is 10.1. The Morgan fingerprint density at radius 3 is 2.49 bits per heavy atom. The molecule has 17 nitrogen and oxygen atoms in total. The number of rotatable bonds is 19. The highest BCUT2D eigenvalue weighted by molar-refractivity contribution is 5.98. The highest BCUT2D eigenvalue weighted by atomic mass is 19.1. The van der Waals surface area contributed by atoms with Crippen molar-refractivity contribution in [2.45, 2.75) is 129 Å². The Morgan fingerprint density at radius 1 is 1.03 bits per heavy atom. The molecule has 4 amide bonds. The van der Waals surface area contributed by atoms with Crippen molar-refractivity contribution >= 4 is 46.4 Å². The molecule has 2 aromatic heterocycles. The fraction of sp³-hybridized carbons (Fsp3) is 0.490. The Bertz CT molecular complexity index is 2630. The van der Waals surface area contributed by atoms with E-state index < -0.39 is 59.0 Å². The molecule has 3 aliphatic rings. The quantitative estimate of drug-likeness (QED) is 0.0476. The maximum atomic E-state index is 15.4. The number of unbranched alkanes of at least 4 members (excludes halogenated alkanes) is 1. The number of anilines is 1. The first-order valence-corrected chi connectivity index (χ1v) is 23.1. The second-order valence-corrected chi connectivity index (χ2v) is 17.8. The van der Waals surface area contributed by atoms with Crippen molar-refractivity contribution in [3.63, 3.8) is 0 Å². The first kappa shape index (κ1) is 48.7. The summed E-state index contributed by atoms with van der Waals surface area (Å²) in [6.07, 6.45) is 2.60. The number of nitrogens with one attached hydrogen (secondary N) is 4. The molecule has 0 saturated heterocycles. The largest absolute Gasteiger partial charge is 0.458 e. The summed E-state index contributed by atoms with van der Waals surface area (Å²) in [5.74, 6) is -2.77. The summed E-state index contributed by atoms with van der Waals surface area (Å²) in [5.41, 5.74) is 8.33. The molecular weight excluding hydrogens is 866 g/mol. The number of esters is 1. The molecule has 0 unspecified atom stereocenters. The van der Waals surface area contributed by atoms with Gasteiger partial charge in [0.25, 0.3) is 5.56 Å². The summed E-state index contributed by atoms with van der Waals surface area (Å²) in [6.45, 7) is 9.81. The van der Waals surface area contributed by atoms with Crippen LogP contribution in [0.3, 0.4) is 0 Å². The topological polar surface area (TPSA) is 242 Å². The van der Waals surface area contributed by atoms with Gasteiger partial charge in [0.2, 0.25) is 17.7 Å². The molecule has 2 aromatic carbocycles. The number of nitrogens with two attached hydrogens (primary N) is 1. The number of alkyl carbamates (subject to hydrolysis) is 1. The van der Waals surface area contributed by atoms with E-state index in [9.17, 15) is 33.9 Å². The summed E-state index contributed by atoms with van der Waals surface area (Å²) in [4.78, 5) is 84.8. The normalized spacial score (nSPS) is 17.7. The van der Waals surface area contributed by atoms with E-state index in [1.807, 2.05) is 20.8 Å². The summed E-state index contributed by atoms with van der Waals surface area (Å²) >= 11 is 0. The zero-order chi connectivity index (χ0) is 48.2. The van der Waals surface area contributed by atoms with Crippen LogP contribution >= 0.6 is 0 Å². The molecule has 7 N–H and O–H groups in total. The van der Waals surface area contributed by atoms with Gasteiger partial charge in [0.05, 0.1) is 41.7 Å². The van der Waals surface area contributed by atoms with E-state index in [1.54, 1.807) is 44.2 Å². The molecule has 4 heterocycles. The van der Waals surface area contributed by atoms with Crippen LogP contribution in [-0.2, 0) is 65.2 Å². The lowest BCUT2D eigenvalue weighted by Gasteiger charge is -2.31. The minimum atomic E-state index is -2.02. The molecule has 0 radical (unpaired) electrons. The molecule has 358 valence electrons. The Labute approximate surface area is 387 Å². The number of ether oxygens (including phenoxy) is 3. The third-order valence-corrected chi connectivity index (χ3v) is 12.9. The van der Waals surface area contributed by atoms with E-state index in [0.29, 0.717) is 95.5 Å². The van der Waals surface area contributed by atoms with Crippen LogP contribution in [-0.4, -0.2) is 76.3 Å². The van der Waals surface area contributed by atoms with Crippen molar-refractivity contribution in [2.75, 3.05) is 25.1 Å². The lowest BCUT2D eigenvalue weighted by atomic mass is 9.81. The van der Waals surface area contributed by atoms with E-state index >= 15 is 4.39 Å². The van der Waals surface area contributed by atoms with Crippen LogP contribution in [0.1, 0.15) is 118 Å². The number of pyridine rings is 2. The molecular formula is C49H60FN7O10. The van der Waals surface area contributed by atoms with Crippen molar-refractivity contribution < 1.29 is 47.7 Å². The van der Waals surface area contributed by atoms with E-state index in [-0.39, 0.29) is 62.2 Å². The van der Waals surface area contributed by atoms with E-state index in [1.165, 1.54) is 10.6 Å². The number of fused-ring (bicyclic) bond motifs is 5. The first-order chi connectivity index (χ1) is 32.1. The van der Waals surface area contributed by atoms with Gasteiger partial charge in [0.15, 0.2) is 5.60 Å².